The van der Waals surface area contributed by atoms with Gasteiger partial charge in [0.2, 0.25) is 0 Å². The molecule has 0 radical (unpaired) electrons. The third kappa shape index (κ3) is 4.50. The van der Waals surface area contributed by atoms with Gasteiger partial charge in [0.1, 0.15) is 11.2 Å². The van der Waals surface area contributed by atoms with E-state index in [2.05, 4.69) is 205 Å². The van der Waals surface area contributed by atoms with Gasteiger partial charge in [-0.2, -0.15) is 0 Å². The SMILES string of the molecule is c1ccc(-c2cccc(N(c3ccccc3)c3cccc4oc5cc(C6(c7ccccc7)c7ccccc7-c7ccccc76)ccc5c34)c2)cc1. The highest BCUT2D eigenvalue weighted by Crippen LogP contribution is 2.56. The minimum Gasteiger partial charge on any atom is -0.456 e. The van der Waals surface area contributed by atoms with Crippen LogP contribution in [0.1, 0.15) is 22.3 Å². The van der Waals surface area contributed by atoms with Crippen LogP contribution in [0.2, 0.25) is 0 Å². The van der Waals surface area contributed by atoms with Gasteiger partial charge in [-0.3, -0.25) is 0 Å². The minimum atomic E-state index is -0.488. The van der Waals surface area contributed by atoms with Crippen molar-refractivity contribution in [2.24, 2.45) is 0 Å². The smallest absolute Gasteiger partial charge is 0.137 e. The monoisotopic (exact) mass is 651 g/mol. The first-order valence-electron chi connectivity index (χ1n) is 17.5. The van der Waals surface area contributed by atoms with Crippen LogP contribution in [0.25, 0.3) is 44.2 Å². The Morgan fingerprint density at radius 3 is 1.71 bits per heavy atom. The van der Waals surface area contributed by atoms with Crippen LogP contribution in [0, 0.1) is 0 Å². The molecule has 2 heteroatoms. The van der Waals surface area contributed by atoms with Crippen molar-refractivity contribution in [1.29, 1.82) is 0 Å². The Bertz CT molecular complexity index is 2650. The van der Waals surface area contributed by atoms with Gasteiger partial charge in [0.05, 0.1) is 16.5 Å². The van der Waals surface area contributed by atoms with E-state index in [9.17, 15) is 0 Å². The maximum Gasteiger partial charge on any atom is 0.137 e. The van der Waals surface area contributed by atoms with Crippen molar-refractivity contribution >= 4 is 39.0 Å². The Labute approximate surface area is 297 Å². The minimum absolute atomic E-state index is 0.488. The van der Waals surface area contributed by atoms with E-state index in [1.807, 2.05) is 0 Å². The molecule has 1 aliphatic carbocycles. The summed E-state index contributed by atoms with van der Waals surface area (Å²) in [5.74, 6) is 0. The highest BCUT2D eigenvalue weighted by atomic mass is 16.3. The summed E-state index contributed by atoms with van der Waals surface area (Å²) in [7, 11) is 0. The van der Waals surface area contributed by atoms with Crippen LogP contribution < -0.4 is 4.90 Å². The lowest BCUT2D eigenvalue weighted by atomic mass is 9.67. The Morgan fingerprint density at radius 1 is 0.392 bits per heavy atom. The summed E-state index contributed by atoms with van der Waals surface area (Å²) in [6.07, 6.45) is 0. The van der Waals surface area contributed by atoms with E-state index in [-0.39, 0.29) is 0 Å². The van der Waals surface area contributed by atoms with Crippen molar-refractivity contribution in [3.8, 4) is 22.3 Å². The Morgan fingerprint density at radius 2 is 0.980 bits per heavy atom. The topological polar surface area (TPSA) is 16.4 Å². The molecule has 0 unspecified atom stereocenters. The van der Waals surface area contributed by atoms with Crippen LogP contribution in [0.3, 0.4) is 0 Å². The molecule has 0 saturated carbocycles. The van der Waals surface area contributed by atoms with Gasteiger partial charge in [0.15, 0.2) is 0 Å². The van der Waals surface area contributed by atoms with Crippen molar-refractivity contribution in [1.82, 2.24) is 0 Å². The van der Waals surface area contributed by atoms with Crippen LogP contribution in [0.5, 0.6) is 0 Å². The van der Waals surface area contributed by atoms with Gasteiger partial charge in [-0.25, -0.2) is 0 Å². The summed E-state index contributed by atoms with van der Waals surface area (Å²) in [4.78, 5) is 2.35. The van der Waals surface area contributed by atoms with E-state index in [0.717, 1.165) is 39.0 Å². The summed E-state index contributed by atoms with van der Waals surface area (Å²) in [5, 5.41) is 2.18. The molecular weight excluding hydrogens is 619 g/mol. The van der Waals surface area contributed by atoms with Gasteiger partial charge in [-0.15, -0.1) is 0 Å². The zero-order chi connectivity index (χ0) is 33.8. The van der Waals surface area contributed by atoms with Crippen LogP contribution >= 0.6 is 0 Å². The average Bonchev–Trinajstić information content (AvgIpc) is 3.73. The van der Waals surface area contributed by atoms with Gasteiger partial charge >= 0.3 is 0 Å². The van der Waals surface area contributed by atoms with Gasteiger partial charge in [0, 0.05) is 16.8 Å². The van der Waals surface area contributed by atoms with Gasteiger partial charge < -0.3 is 9.32 Å². The van der Waals surface area contributed by atoms with Crippen molar-refractivity contribution in [3.63, 3.8) is 0 Å². The van der Waals surface area contributed by atoms with E-state index in [1.165, 1.54) is 44.5 Å². The van der Waals surface area contributed by atoms with E-state index in [1.54, 1.807) is 0 Å². The second-order valence-corrected chi connectivity index (χ2v) is 13.3. The number of furan rings is 1. The molecule has 0 fully saturated rings. The molecule has 0 spiro atoms. The molecule has 51 heavy (non-hydrogen) atoms. The number of hydrogen-bond donors (Lipinski definition) is 0. The molecule has 9 aromatic rings. The van der Waals surface area contributed by atoms with Crippen molar-refractivity contribution in [2.75, 3.05) is 4.90 Å². The summed E-state index contributed by atoms with van der Waals surface area (Å²) >= 11 is 0. The average molecular weight is 652 g/mol. The van der Waals surface area contributed by atoms with Crippen LogP contribution in [0.15, 0.2) is 205 Å². The van der Waals surface area contributed by atoms with Crippen molar-refractivity contribution in [2.45, 2.75) is 5.41 Å². The van der Waals surface area contributed by atoms with E-state index in [4.69, 9.17) is 4.42 Å². The van der Waals surface area contributed by atoms with E-state index >= 15 is 0 Å². The molecule has 1 heterocycles. The standard InChI is InChI=1S/C49H33NO/c1-4-16-34(17-5-1)35-18-14-23-39(32-35)50(38-21-8-3-9-22-38)45-28-15-29-46-48(45)42-31-30-37(33-47(42)51-46)49(36-19-6-2-7-20-36)43-26-12-10-24-40(43)41-25-11-13-27-44(41)49/h1-33H. The maximum atomic E-state index is 6.84. The molecule has 0 aliphatic heterocycles. The number of fused-ring (bicyclic) bond motifs is 6. The third-order valence-electron chi connectivity index (χ3n) is 10.5. The molecule has 240 valence electrons. The normalized spacial score (nSPS) is 12.9. The lowest BCUT2D eigenvalue weighted by Gasteiger charge is -2.33. The second-order valence-electron chi connectivity index (χ2n) is 13.3. The predicted molar refractivity (Wildman–Crippen MR) is 211 cm³/mol. The maximum absolute atomic E-state index is 6.84. The summed E-state index contributed by atoms with van der Waals surface area (Å²) in [6, 6.07) is 71.9. The second kappa shape index (κ2) is 11.8. The van der Waals surface area contributed by atoms with Crippen LogP contribution in [-0.4, -0.2) is 0 Å². The Hall–Kier alpha value is -6.64. The van der Waals surface area contributed by atoms with Crippen LogP contribution in [-0.2, 0) is 5.41 Å². The van der Waals surface area contributed by atoms with E-state index in [0.29, 0.717) is 0 Å². The molecule has 1 aliphatic rings. The fraction of sp³-hybridized carbons (Fsp3) is 0.0204. The molecule has 0 bridgehead atoms. The Kier molecular flexibility index (Phi) is 6.75. The van der Waals surface area contributed by atoms with Gasteiger partial charge in [-0.1, -0.05) is 158 Å². The first-order chi connectivity index (χ1) is 25.3. The fourth-order valence-electron chi connectivity index (χ4n) is 8.40. The quantitative estimate of drug-likeness (QED) is 0.178. The molecular formula is C49H33NO. The first kappa shape index (κ1) is 29.3. The molecule has 0 N–H and O–H groups in total. The zero-order valence-corrected chi connectivity index (χ0v) is 27.9. The van der Waals surface area contributed by atoms with E-state index < -0.39 is 5.41 Å². The molecule has 10 rings (SSSR count). The molecule has 0 atom stereocenters. The number of anilines is 3. The van der Waals surface area contributed by atoms with Gasteiger partial charge in [0.25, 0.3) is 0 Å². The van der Waals surface area contributed by atoms with Crippen LogP contribution in [0.4, 0.5) is 17.1 Å². The zero-order valence-electron chi connectivity index (χ0n) is 27.9. The number of benzene rings is 8. The van der Waals surface area contributed by atoms with Crippen molar-refractivity contribution in [3.05, 3.63) is 222 Å². The lowest BCUT2D eigenvalue weighted by molar-refractivity contribution is 0.665. The molecule has 0 amide bonds. The molecule has 1 aromatic heterocycles. The first-order valence-corrected chi connectivity index (χ1v) is 17.5. The van der Waals surface area contributed by atoms with Crippen molar-refractivity contribution < 1.29 is 4.42 Å². The third-order valence-corrected chi connectivity index (χ3v) is 10.5. The Balaban J connectivity index is 1.21. The number of hydrogen-bond acceptors (Lipinski definition) is 2. The molecule has 2 nitrogen and oxygen atoms in total. The summed E-state index contributed by atoms with van der Waals surface area (Å²) in [6.45, 7) is 0. The summed E-state index contributed by atoms with van der Waals surface area (Å²) in [5.41, 5.74) is 14.4. The lowest BCUT2D eigenvalue weighted by Crippen LogP contribution is -2.28. The summed E-state index contributed by atoms with van der Waals surface area (Å²) < 4.78 is 6.84. The fourth-order valence-corrected chi connectivity index (χ4v) is 8.40. The molecule has 0 saturated heterocycles. The predicted octanol–water partition coefficient (Wildman–Crippen LogP) is 13.1. The van der Waals surface area contributed by atoms with Gasteiger partial charge in [-0.05, 0) is 87.0 Å². The largest absolute Gasteiger partial charge is 0.456 e. The molecule has 8 aromatic carbocycles. The number of nitrogens with zero attached hydrogens (tertiary/aromatic N) is 1. The number of rotatable bonds is 6. The highest BCUT2D eigenvalue weighted by Gasteiger charge is 2.46. The number of para-hydroxylation sites is 1. The highest BCUT2D eigenvalue weighted by molar-refractivity contribution is 6.13.